The SMILES string of the molecule is C=C(CC)c1cc2c(cc1N)N(C)C(=C)C2(C)C. The third-order valence-corrected chi connectivity index (χ3v) is 4.14. The Morgan fingerprint density at radius 3 is 2.56 bits per heavy atom. The zero-order valence-corrected chi connectivity index (χ0v) is 11.8. The van der Waals surface area contributed by atoms with Gasteiger partial charge in [0, 0.05) is 35.1 Å². The van der Waals surface area contributed by atoms with Crippen molar-refractivity contribution in [3.05, 3.63) is 42.1 Å². The summed E-state index contributed by atoms with van der Waals surface area (Å²) >= 11 is 0. The van der Waals surface area contributed by atoms with Crippen molar-refractivity contribution in [2.75, 3.05) is 17.7 Å². The number of hydrogen-bond donors (Lipinski definition) is 1. The molecule has 0 aliphatic carbocycles. The van der Waals surface area contributed by atoms with Gasteiger partial charge in [-0.3, -0.25) is 0 Å². The first-order chi connectivity index (χ1) is 8.30. The van der Waals surface area contributed by atoms with Gasteiger partial charge in [0.1, 0.15) is 0 Å². The van der Waals surface area contributed by atoms with Crippen molar-refractivity contribution in [2.24, 2.45) is 0 Å². The fourth-order valence-electron chi connectivity index (χ4n) is 2.60. The van der Waals surface area contributed by atoms with Gasteiger partial charge in [-0.05, 0) is 29.7 Å². The highest BCUT2D eigenvalue weighted by molar-refractivity contribution is 5.82. The third-order valence-electron chi connectivity index (χ3n) is 4.14. The molecular formula is C16H22N2. The maximum absolute atomic E-state index is 6.15. The van der Waals surface area contributed by atoms with Crippen molar-refractivity contribution in [2.45, 2.75) is 32.6 Å². The van der Waals surface area contributed by atoms with Crippen molar-refractivity contribution >= 4 is 16.9 Å². The van der Waals surface area contributed by atoms with E-state index >= 15 is 0 Å². The summed E-state index contributed by atoms with van der Waals surface area (Å²) in [5.41, 5.74) is 12.6. The summed E-state index contributed by atoms with van der Waals surface area (Å²) in [7, 11) is 2.05. The van der Waals surface area contributed by atoms with Crippen LogP contribution in [-0.2, 0) is 5.41 Å². The molecule has 1 aliphatic heterocycles. The molecule has 0 radical (unpaired) electrons. The van der Waals surface area contributed by atoms with Gasteiger partial charge in [0.05, 0.1) is 0 Å². The van der Waals surface area contributed by atoms with E-state index in [1.54, 1.807) is 0 Å². The first-order valence-electron chi connectivity index (χ1n) is 6.36. The molecule has 2 rings (SSSR count). The van der Waals surface area contributed by atoms with E-state index in [-0.39, 0.29) is 5.41 Å². The van der Waals surface area contributed by atoms with Gasteiger partial charge in [0.15, 0.2) is 0 Å². The number of nitrogen functional groups attached to an aromatic ring is 1. The number of allylic oxidation sites excluding steroid dienone is 2. The predicted molar refractivity (Wildman–Crippen MR) is 80.7 cm³/mol. The van der Waals surface area contributed by atoms with E-state index in [1.165, 1.54) is 5.56 Å². The normalized spacial score (nSPS) is 16.9. The van der Waals surface area contributed by atoms with Gasteiger partial charge >= 0.3 is 0 Å². The highest BCUT2D eigenvalue weighted by Gasteiger charge is 2.37. The Labute approximate surface area is 110 Å². The number of likely N-dealkylation sites (N-methyl/N-ethyl adjacent to an activating group) is 1. The third kappa shape index (κ3) is 1.56. The lowest BCUT2D eigenvalue weighted by Crippen LogP contribution is -2.21. The minimum Gasteiger partial charge on any atom is -0.398 e. The molecule has 18 heavy (non-hydrogen) atoms. The van der Waals surface area contributed by atoms with Crippen LogP contribution in [0.3, 0.4) is 0 Å². The van der Waals surface area contributed by atoms with Gasteiger partial charge in [-0.1, -0.05) is 33.9 Å². The number of fused-ring (bicyclic) bond motifs is 1. The average molecular weight is 242 g/mol. The number of benzene rings is 1. The summed E-state index contributed by atoms with van der Waals surface area (Å²) in [6.07, 6.45) is 0.917. The fourth-order valence-corrected chi connectivity index (χ4v) is 2.60. The van der Waals surface area contributed by atoms with E-state index in [4.69, 9.17) is 5.73 Å². The van der Waals surface area contributed by atoms with E-state index in [2.05, 4.69) is 44.9 Å². The molecule has 2 N–H and O–H groups in total. The molecule has 0 amide bonds. The number of hydrogen-bond acceptors (Lipinski definition) is 2. The molecule has 0 spiro atoms. The van der Waals surface area contributed by atoms with Gasteiger partial charge in [0.25, 0.3) is 0 Å². The largest absolute Gasteiger partial charge is 0.398 e. The minimum absolute atomic E-state index is 0.0411. The van der Waals surface area contributed by atoms with E-state index < -0.39 is 0 Å². The monoisotopic (exact) mass is 242 g/mol. The summed E-state index contributed by atoms with van der Waals surface area (Å²) in [6.45, 7) is 14.8. The van der Waals surface area contributed by atoms with Crippen LogP contribution < -0.4 is 10.6 Å². The maximum Gasteiger partial charge on any atom is 0.0468 e. The fraction of sp³-hybridized carbons (Fsp3) is 0.375. The predicted octanol–water partition coefficient (Wildman–Crippen LogP) is 3.93. The molecule has 96 valence electrons. The molecule has 0 atom stereocenters. The Balaban J connectivity index is 2.67. The quantitative estimate of drug-likeness (QED) is 0.796. The van der Waals surface area contributed by atoms with Crippen LogP contribution in [0, 0.1) is 0 Å². The first-order valence-corrected chi connectivity index (χ1v) is 6.36. The Morgan fingerprint density at radius 2 is 2.00 bits per heavy atom. The number of rotatable bonds is 2. The first kappa shape index (κ1) is 12.7. The molecule has 0 unspecified atom stereocenters. The second kappa shape index (κ2) is 3.91. The van der Waals surface area contributed by atoms with Gasteiger partial charge in [-0.15, -0.1) is 0 Å². The van der Waals surface area contributed by atoms with Crippen molar-refractivity contribution in [1.29, 1.82) is 0 Å². The highest BCUT2D eigenvalue weighted by atomic mass is 15.2. The summed E-state index contributed by atoms with van der Waals surface area (Å²) in [5, 5.41) is 0. The molecule has 0 saturated heterocycles. The van der Waals surface area contributed by atoms with Crippen molar-refractivity contribution < 1.29 is 0 Å². The minimum atomic E-state index is -0.0411. The van der Waals surface area contributed by atoms with Gasteiger partial charge in [0.2, 0.25) is 0 Å². The van der Waals surface area contributed by atoms with Crippen LogP contribution in [0.25, 0.3) is 5.57 Å². The molecule has 0 saturated carbocycles. The van der Waals surface area contributed by atoms with Crippen LogP contribution in [0.5, 0.6) is 0 Å². The molecule has 0 fully saturated rings. The molecule has 2 heteroatoms. The van der Waals surface area contributed by atoms with E-state index in [1.807, 2.05) is 13.1 Å². The van der Waals surface area contributed by atoms with Crippen LogP contribution in [0.2, 0.25) is 0 Å². The van der Waals surface area contributed by atoms with Gasteiger partial charge in [-0.25, -0.2) is 0 Å². The maximum atomic E-state index is 6.15. The standard InChI is InChI=1S/C16H22N2/c1-7-10(2)12-8-13-15(9-14(12)17)18(6)11(3)16(13,4)5/h8-9H,2-3,7,17H2,1,4-6H3. The second-order valence-electron chi connectivity index (χ2n) is 5.54. The number of anilines is 2. The Morgan fingerprint density at radius 1 is 1.39 bits per heavy atom. The van der Waals surface area contributed by atoms with Gasteiger partial charge in [-0.2, -0.15) is 0 Å². The topological polar surface area (TPSA) is 29.3 Å². The van der Waals surface area contributed by atoms with E-state index in [9.17, 15) is 0 Å². The van der Waals surface area contributed by atoms with Crippen molar-refractivity contribution in [1.82, 2.24) is 0 Å². The van der Waals surface area contributed by atoms with E-state index in [0.717, 1.165) is 34.6 Å². The molecule has 1 aromatic rings. The number of nitrogens with two attached hydrogens (primary N) is 1. The zero-order chi connectivity index (χ0) is 13.7. The lowest BCUT2D eigenvalue weighted by Gasteiger charge is -2.22. The number of nitrogens with zero attached hydrogens (tertiary/aromatic N) is 1. The Hall–Kier alpha value is -1.70. The van der Waals surface area contributed by atoms with Crippen LogP contribution >= 0.6 is 0 Å². The molecule has 2 nitrogen and oxygen atoms in total. The van der Waals surface area contributed by atoms with Crippen molar-refractivity contribution in [3.63, 3.8) is 0 Å². The molecule has 1 heterocycles. The second-order valence-corrected chi connectivity index (χ2v) is 5.54. The smallest absolute Gasteiger partial charge is 0.0468 e. The lowest BCUT2D eigenvalue weighted by atomic mass is 9.83. The summed E-state index contributed by atoms with van der Waals surface area (Å²) in [6, 6.07) is 4.23. The van der Waals surface area contributed by atoms with E-state index in [0.29, 0.717) is 0 Å². The van der Waals surface area contributed by atoms with Gasteiger partial charge < -0.3 is 10.6 Å². The van der Waals surface area contributed by atoms with Crippen molar-refractivity contribution in [3.8, 4) is 0 Å². The Bertz CT molecular complexity index is 538. The summed E-state index contributed by atoms with van der Waals surface area (Å²) < 4.78 is 0. The molecule has 0 aromatic heterocycles. The van der Waals surface area contributed by atoms with Crippen LogP contribution in [-0.4, -0.2) is 7.05 Å². The van der Waals surface area contributed by atoms with Crippen LogP contribution in [0.4, 0.5) is 11.4 Å². The van der Waals surface area contributed by atoms with Crippen LogP contribution in [0.1, 0.15) is 38.3 Å². The zero-order valence-electron chi connectivity index (χ0n) is 11.8. The molecule has 0 bridgehead atoms. The molecule has 1 aromatic carbocycles. The molecule has 1 aliphatic rings. The van der Waals surface area contributed by atoms with Crippen LogP contribution in [0.15, 0.2) is 31.0 Å². The average Bonchev–Trinajstić information content (AvgIpc) is 2.49. The summed E-state index contributed by atoms with van der Waals surface area (Å²) in [4.78, 5) is 2.13. The summed E-state index contributed by atoms with van der Waals surface area (Å²) in [5.74, 6) is 0. The highest BCUT2D eigenvalue weighted by Crippen LogP contribution is 2.48. The molecular weight excluding hydrogens is 220 g/mol. The lowest BCUT2D eigenvalue weighted by molar-refractivity contribution is 0.643. The Kier molecular flexibility index (Phi) is 2.77.